The van der Waals surface area contributed by atoms with Gasteiger partial charge in [0.15, 0.2) is 0 Å². The molecule has 248 valence electrons. The third kappa shape index (κ3) is 8.62. The van der Waals surface area contributed by atoms with E-state index in [4.69, 9.17) is 0 Å². The Labute approximate surface area is 313 Å². The molecular weight excluding hydrogens is 691 g/mol. The van der Waals surface area contributed by atoms with Crippen molar-refractivity contribution < 1.29 is 24.2 Å². The van der Waals surface area contributed by atoms with Crippen LogP contribution in [0.1, 0.15) is 121 Å². The summed E-state index contributed by atoms with van der Waals surface area (Å²) in [6, 6.07) is 25.5. The van der Waals surface area contributed by atoms with E-state index in [-0.39, 0.29) is 35.6 Å². The molecule has 6 aliphatic carbocycles. The van der Waals surface area contributed by atoms with Gasteiger partial charge in [0, 0.05) is 0 Å². The van der Waals surface area contributed by atoms with Crippen molar-refractivity contribution in [1.82, 2.24) is 0 Å². The first kappa shape index (κ1) is 38.3. The van der Waals surface area contributed by atoms with E-state index < -0.39 is 0 Å². The maximum atomic E-state index is 3.62. The Morgan fingerprint density at radius 2 is 1.34 bits per heavy atom. The average Bonchev–Trinajstić information content (AvgIpc) is 3.65. The molecule has 3 aromatic rings. The molecule has 0 aliphatic heterocycles. The first-order valence-corrected chi connectivity index (χ1v) is 18.6. The second-order valence-corrected chi connectivity index (χ2v) is 18.6. The van der Waals surface area contributed by atoms with Gasteiger partial charge in [0.05, 0.1) is 0 Å². The molecule has 0 aromatic heterocycles. The zero-order valence-electron chi connectivity index (χ0n) is 29.6. The number of hydrogen-bond donors (Lipinski definition) is 0. The Balaban J connectivity index is 0.000000168. The first-order chi connectivity index (χ1) is 21.3. The van der Waals surface area contributed by atoms with Crippen molar-refractivity contribution in [2.45, 2.75) is 111 Å². The van der Waals surface area contributed by atoms with Crippen molar-refractivity contribution in [3.8, 4) is 11.1 Å². The van der Waals surface area contributed by atoms with Gasteiger partial charge in [0.2, 0.25) is 0 Å². The van der Waals surface area contributed by atoms with Crippen LogP contribution in [0.2, 0.25) is 0 Å². The predicted octanol–water partition coefficient (Wildman–Crippen LogP) is 12.2. The summed E-state index contributed by atoms with van der Waals surface area (Å²) in [5, 5.41) is 0. The number of allylic oxidation sites excluding steroid dienone is 4. The maximum absolute atomic E-state index is 3.62. The number of benzene rings is 3. The van der Waals surface area contributed by atoms with Gasteiger partial charge in [-0.1, -0.05) is 76.3 Å². The predicted molar refractivity (Wildman–Crippen MR) is 203 cm³/mol. The van der Waals surface area contributed by atoms with E-state index in [1.54, 1.807) is 24.8 Å². The standard InChI is InChI=1S/C21H25.C15H19.C8H8.2ClH.Zr/c1-20(2,3)16-9-7-14-11-15-8-10-17(21(4,5)6)13-19(15)18(14)12-16;1-2-4-14(3-1)15-8-11-5-12(9-15)7-13(6-11)10-15;1-2-8-6-4-3-5-7-8;;;/h7,9-10,12-13H,11H2,1-6H3;1,3,11-13H,2,5-10H2;3-7H,1H3;2*1H;/q2*-1;;;;+2. The fourth-order valence-corrected chi connectivity index (χ4v) is 9.29. The van der Waals surface area contributed by atoms with Crippen LogP contribution in [0.4, 0.5) is 0 Å². The van der Waals surface area contributed by atoms with Crippen LogP contribution < -0.4 is 0 Å². The molecule has 4 saturated carbocycles. The Morgan fingerprint density at radius 3 is 1.83 bits per heavy atom. The number of hydrogen-bond acceptors (Lipinski definition) is 0. The molecule has 0 atom stereocenters. The minimum atomic E-state index is 0. The molecule has 4 fully saturated rings. The fraction of sp³-hybridized carbons (Fsp3) is 0.477. The van der Waals surface area contributed by atoms with Gasteiger partial charge in [-0.2, -0.15) is 35.4 Å². The summed E-state index contributed by atoms with van der Waals surface area (Å²) in [4.78, 5) is 0. The molecule has 0 amide bonds. The molecule has 9 rings (SSSR count). The average molecular weight is 745 g/mol. The van der Waals surface area contributed by atoms with E-state index in [9.17, 15) is 0 Å². The van der Waals surface area contributed by atoms with Gasteiger partial charge in [-0.15, -0.1) is 36.8 Å². The van der Waals surface area contributed by atoms with E-state index in [1.807, 2.05) is 6.07 Å². The Kier molecular flexibility index (Phi) is 12.3. The van der Waals surface area contributed by atoms with Crippen molar-refractivity contribution >= 4 is 28.0 Å². The molecule has 3 heteroatoms. The van der Waals surface area contributed by atoms with Crippen LogP contribution in [0.15, 0.2) is 78.4 Å². The van der Waals surface area contributed by atoms with E-state index in [2.05, 4.69) is 127 Å². The zero-order chi connectivity index (χ0) is 32.0. The third-order valence-electron chi connectivity index (χ3n) is 11.0. The van der Waals surface area contributed by atoms with E-state index in [1.165, 1.54) is 85.6 Å². The summed E-state index contributed by atoms with van der Waals surface area (Å²) in [5.74, 6) is 3.21. The van der Waals surface area contributed by atoms with Gasteiger partial charge in [-0.3, -0.25) is 6.08 Å². The van der Waals surface area contributed by atoms with Crippen molar-refractivity contribution in [3.05, 3.63) is 118 Å². The SMILES string of the molecule is CC(C)(C)c1c[c-]c2c(c1)-c1cc(C(C)(C)C)ccc1C2.C[C](=[Zr+2])c1ccccc1.Cl.Cl.[C-]1=C(C23CC4CC(CC(C4)C2)C3)C=CC1. The molecule has 4 bridgehead atoms. The van der Waals surface area contributed by atoms with Crippen LogP contribution in [-0.2, 0) is 41.5 Å². The molecule has 3 aromatic carbocycles. The molecule has 0 unspecified atom stereocenters. The van der Waals surface area contributed by atoms with Gasteiger partial charge in [-0.05, 0) is 79.1 Å². The van der Waals surface area contributed by atoms with Crippen molar-refractivity contribution in [2.24, 2.45) is 23.2 Å². The summed E-state index contributed by atoms with van der Waals surface area (Å²) in [6.45, 7) is 15.8. The maximum Gasteiger partial charge on any atom is -0.0373 e. The largest absolute Gasteiger partial charge is 0.269 e. The summed E-state index contributed by atoms with van der Waals surface area (Å²) in [7, 11) is 0. The van der Waals surface area contributed by atoms with Crippen molar-refractivity contribution in [1.29, 1.82) is 0 Å². The molecule has 0 N–H and O–H groups in total. The molecule has 0 saturated heterocycles. The van der Waals surface area contributed by atoms with E-state index in [0.717, 1.165) is 30.6 Å². The van der Waals surface area contributed by atoms with Crippen molar-refractivity contribution in [2.75, 3.05) is 0 Å². The van der Waals surface area contributed by atoms with Crippen LogP contribution in [0.5, 0.6) is 0 Å². The van der Waals surface area contributed by atoms with Crippen LogP contribution in [0.3, 0.4) is 0 Å². The zero-order valence-corrected chi connectivity index (χ0v) is 33.7. The van der Waals surface area contributed by atoms with Crippen molar-refractivity contribution in [3.63, 3.8) is 0 Å². The van der Waals surface area contributed by atoms with Gasteiger partial charge < -0.3 is 0 Å². The molecule has 6 aliphatic rings. The second-order valence-electron chi connectivity index (χ2n) is 16.7. The number of halogens is 2. The molecule has 0 spiro atoms. The van der Waals surface area contributed by atoms with Gasteiger partial charge in [0.1, 0.15) is 0 Å². The van der Waals surface area contributed by atoms with Gasteiger partial charge in [-0.25, -0.2) is 11.6 Å². The molecule has 0 radical (unpaired) electrons. The topological polar surface area (TPSA) is 0 Å². The van der Waals surface area contributed by atoms with Gasteiger partial charge in [0.25, 0.3) is 0 Å². The summed E-state index contributed by atoms with van der Waals surface area (Å²) < 4.78 is 1.46. The van der Waals surface area contributed by atoms with Crippen LogP contribution >= 0.6 is 24.8 Å². The van der Waals surface area contributed by atoms with Crippen LogP contribution in [0.25, 0.3) is 11.1 Å². The molecular formula is C44H54Cl2Zr. The van der Waals surface area contributed by atoms with E-state index >= 15 is 0 Å². The second kappa shape index (κ2) is 15.2. The van der Waals surface area contributed by atoms with Crippen LogP contribution in [-0.4, -0.2) is 3.21 Å². The van der Waals surface area contributed by atoms with Gasteiger partial charge >= 0.3 is 70.3 Å². The quantitative estimate of drug-likeness (QED) is 0.179. The Morgan fingerprint density at radius 1 is 0.766 bits per heavy atom. The normalized spacial score (nSPS) is 24.4. The first-order valence-electron chi connectivity index (χ1n) is 17.4. The molecule has 0 nitrogen and oxygen atoms in total. The molecule has 47 heavy (non-hydrogen) atoms. The summed E-state index contributed by atoms with van der Waals surface area (Å²) in [6.07, 6.45) is 19.5. The Hall–Kier alpha value is -1.53. The van der Waals surface area contributed by atoms with E-state index in [0.29, 0.717) is 5.41 Å². The smallest absolute Gasteiger partial charge is 0.0373 e. The third-order valence-corrected chi connectivity index (χ3v) is 11.7. The van der Waals surface area contributed by atoms with Crippen LogP contribution in [0, 0.1) is 35.3 Å². The Bertz CT molecular complexity index is 1520. The number of fused-ring (bicyclic) bond motifs is 3. The number of rotatable bonds is 2. The monoisotopic (exact) mass is 742 g/mol. The fourth-order valence-electron chi connectivity index (χ4n) is 8.88. The minimum Gasteiger partial charge on any atom is -0.269 e. The summed E-state index contributed by atoms with van der Waals surface area (Å²) >= 11 is 1.51. The molecule has 0 heterocycles. The minimum absolute atomic E-state index is 0. The summed E-state index contributed by atoms with van der Waals surface area (Å²) in [5.41, 5.74) is 12.3.